The van der Waals surface area contributed by atoms with Gasteiger partial charge in [-0.1, -0.05) is 30.3 Å². The van der Waals surface area contributed by atoms with Gasteiger partial charge in [0.15, 0.2) is 0 Å². The van der Waals surface area contributed by atoms with Gasteiger partial charge < -0.3 is 9.80 Å². The van der Waals surface area contributed by atoms with Crippen molar-refractivity contribution in [3.63, 3.8) is 0 Å². The molecule has 0 N–H and O–H groups in total. The average molecular weight is 251 g/mol. The summed E-state index contributed by atoms with van der Waals surface area (Å²) in [6.45, 7) is 6.56. The number of benzene rings is 1. The molecule has 2 rings (SSSR count). The Labute approximate surface area is 106 Å². The van der Waals surface area contributed by atoms with Crippen LogP contribution >= 0.6 is 11.6 Å². The second-order valence-electron chi connectivity index (χ2n) is 3.97. The van der Waals surface area contributed by atoms with Crippen LogP contribution in [0.25, 0.3) is 0 Å². The first-order valence-corrected chi connectivity index (χ1v) is 6.01. The maximum Gasteiger partial charge on any atom is 0.246 e. The van der Waals surface area contributed by atoms with Gasteiger partial charge in [-0.2, -0.15) is 0 Å². The van der Waals surface area contributed by atoms with E-state index in [0.29, 0.717) is 0 Å². The highest BCUT2D eigenvalue weighted by atomic mass is 35.5. The summed E-state index contributed by atoms with van der Waals surface area (Å²) in [6.07, 6.45) is 1.37. The fourth-order valence-electron chi connectivity index (χ4n) is 2.01. The minimum Gasteiger partial charge on any atom is -0.367 e. The number of nitrogens with zero attached hydrogens (tertiary/aromatic N) is 2. The van der Waals surface area contributed by atoms with Gasteiger partial charge in [0.05, 0.1) is 10.7 Å². The van der Waals surface area contributed by atoms with E-state index >= 15 is 0 Å². The highest BCUT2D eigenvalue weighted by molar-refractivity contribution is 6.33. The normalized spacial score (nSPS) is 15.8. The number of carbonyl (C=O) groups excluding carboxylic acids is 1. The van der Waals surface area contributed by atoms with Crippen molar-refractivity contribution in [1.82, 2.24) is 4.90 Å². The van der Waals surface area contributed by atoms with Crippen molar-refractivity contribution in [3.8, 4) is 0 Å². The number of piperazine rings is 1. The molecule has 90 valence electrons. The van der Waals surface area contributed by atoms with E-state index in [1.165, 1.54) is 6.08 Å². The van der Waals surface area contributed by atoms with Crippen LogP contribution in [-0.2, 0) is 4.79 Å². The number of hydrogen-bond donors (Lipinski definition) is 0. The van der Waals surface area contributed by atoms with E-state index < -0.39 is 0 Å². The number of anilines is 1. The van der Waals surface area contributed by atoms with Crippen molar-refractivity contribution in [3.05, 3.63) is 41.9 Å². The molecule has 1 aliphatic rings. The van der Waals surface area contributed by atoms with Crippen molar-refractivity contribution < 1.29 is 4.79 Å². The molecule has 0 atom stereocenters. The number of amides is 1. The van der Waals surface area contributed by atoms with Crippen LogP contribution in [-0.4, -0.2) is 37.0 Å². The summed E-state index contributed by atoms with van der Waals surface area (Å²) in [5.41, 5.74) is 1.04. The molecule has 0 spiro atoms. The van der Waals surface area contributed by atoms with Gasteiger partial charge in [-0.05, 0) is 18.2 Å². The predicted octanol–water partition coefficient (Wildman–Crippen LogP) is 2.17. The van der Waals surface area contributed by atoms with Crippen molar-refractivity contribution >= 4 is 23.2 Å². The van der Waals surface area contributed by atoms with Crippen LogP contribution in [0.1, 0.15) is 0 Å². The summed E-state index contributed by atoms with van der Waals surface area (Å²) in [4.78, 5) is 15.4. The third kappa shape index (κ3) is 2.61. The summed E-state index contributed by atoms with van der Waals surface area (Å²) in [5, 5.41) is 0.760. The van der Waals surface area contributed by atoms with Gasteiger partial charge in [-0.3, -0.25) is 4.79 Å². The molecule has 0 radical (unpaired) electrons. The lowest BCUT2D eigenvalue weighted by Crippen LogP contribution is -2.48. The summed E-state index contributed by atoms with van der Waals surface area (Å²) in [5.74, 6) is 0.00353. The molecular weight excluding hydrogens is 236 g/mol. The van der Waals surface area contributed by atoms with Crippen molar-refractivity contribution in [2.75, 3.05) is 31.1 Å². The molecule has 0 aliphatic carbocycles. The maximum atomic E-state index is 11.4. The van der Waals surface area contributed by atoms with Gasteiger partial charge in [0.2, 0.25) is 5.91 Å². The monoisotopic (exact) mass is 250 g/mol. The Hall–Kier alpha value is -1.48. The third-order valence-electron chi connectivity index (χ3n) is 2.96. The van der Waals surface area contributed by atoms with Gasteiger partial charge >= 0.3 is 0 Å². The molecule has 1 aromatic carbocycles. The van der Waals surface area contributed by atoms with Gasteiger partial charge in [0, 0.05) is 26.2 Å². The molecule has 0 aromatic heterocycles. The minimum absolute atomic E-state index is 0.00353. The van der Waals surface area contributed by atoms with E-state index in [1.807, 2.05) is 24.3 Å². The molecule has 4 heteroatoms. The molecule has 1 aromatic rings. The Bertz CT molecular complexity index is 425. The summed E-state index contributed by atoms with van der Waals surface area (Å²) < 4.78 is 0. The van der Waals surface area contributed by atoms with Gasteiger partial charge in [0.25, 0.3) is 0 Å². The largest absolute Gasteiger partial charge is 0.367 e. The molecule has 1 aliphatic heterocycles. The number of halogens is 1. The van der Waals surface area contributed by atoms with E-state index in [2.05, 4.69) is 11.5 Å². The maximum absolute atomic E-state index is 11.4. The minimum atomic E-state index is 0.00353. The zero-order chi connectivity index (χ0) is 12.3. The van der Waals surface area contributed by atoms with Crippen LogP contribution < -0.4 is 4.90 Å². The van der Waals surface area contributed by atoms with Crippen LogP contribution in [0, 0.1) is 0 Å². The molecule has 0 unspecified atom stereocenters. The molecule has 1 saturated heterocycles. The van der Waals surface area contributed by atoms with E-state index in [0.717, 1.165) is 36.9 Å². The van der Waals surface area contributed by atoms with Gasteiger partial charge in [0.1, 0.15) is 0 Å². The lowest BCUT2D eigenvalue weighted by Gasteiger charge is -2.36. The fourth-order valence-corrected chi connectivity index (χ4v) is 2.26. The smallest absolute Gasteiger partial charge is 0.246 e. The quantitative estimate of drug-likeness (QED) is 0.751. The summed E-state index contributed by atoms with van der Waals surface area (Å²) in [7, 11) is 0. The van der Waals surface area contributed by atoms with Crippen LogP contribution in [0.5, 0.6) is 0 Å². The van der Waals surface area contributed by atoms with Gasteiger partial charge in [-0.15, -0.1) is 0 Å². The molecule has 1 heterocycles. The van der Waals surface area contributed by atoms with Crippen molar-refractivity contribution in [2.24, 2.45) is 0 Å². The second kappa shape index (κ2) is 5.23. The van der Waals surface area contributed by atoms with E-state index in [9.17, 15) is 4.79 Å². The number of carbonyl (C=O) groups is 1. The van der Waals surface area contributed by atoms with Crippen molar-refractivity contribution in [2.45, 2.75) is 0 Å². The summed E-state index contributed by atoms with van der Waals surface area (Å²) in [6, 6.07) is 7.79. The van der Waals surface area contributed by atoms with Crippen LogP contribution in [0.15, 0.2) is 36.9 Å². The van der Waals surface area contributed by atoms with Crippen LogP contribution in [0.4, 0.5) is 5.69 Å². The summed E-state index contributed by atoms with van der Waals surface area (Å²) >= 11 is 6.15. The Kier molecular flexibility index (Phi) is 3.69. The van der Waals surface area contributed by atoms with E-state index in [1.54, 1.807) is 4.90 Å². The standard InChI is InChI=1S/C13H15ClN2O/c1-2-13(17)16-9-7-15(8-10-16)12-6-4-3-5-11(12)14/h2-6H,1,7-10H2. The first kappa shape index (κ1) is 12.0. The Balaban J connectivity index is 2.02. The predicted molar refractivity (Wildman–Crippen MR) is 70.4 cm³/mol. The third-order valence-corrected chi connectivity index (χ3v) is 3.28. The lowest BCUT2D eigenvalue weighted by molar-refractivity contribution is -0.126. The van der Waals surface area contributed by atoms with Gasteiger partial charge in [-0.25, -0.2) is 0 Å². The first-order chi connectivity index (χ1) is 8.22. The van der Waals surface area contributed by atoms with E-state index in [-0.39, 0.29) is 5.91 Å². The van der Waals surface area contributed by atoms with Crippen molar-refractivity contribution in [1.29, 1.82) is 0 Å². The number of para-hydroxylation sites is 1. The van der Waals surface area contributed by atoms with Crippen LogP contribution in [0.3, 0.4) is 0 Å². The van der Waals surface area contributed by atoms with E-state index in [4.69, 9.17) is 11.6 Å². The Morgan fingerprint density at radius 1 is 1.24 bits per heavy atom. The fraction of sp³-hybridized carbons (Fsp3) is 0.308. The highest BCUT2D eigenvalue weighted by Gasteiger charge is 2.20. The highest BCUT2D eigenvalue weighted by Crippen LogP contribution is 2.25. The molecular formula is C13H15ClN2O. The average Bonchev–Trinajstić information content (AvgIpc) is 2.39. The second-order valence-corrected chi connectivity index (χ2v) is 4.38. The molecule has 0 saturated carbocycles. The molecule has 1 amide bonds. The van der Waals surface area contributed by atoms with Crippen LogP contribution in [0.2, 0.25) is 5.02 Å². The Morgan fingerprint density at radius 3 is 2.47 bits per heavy atom. The molecule has 3 nitrogen and oxygen atoms in total. The lowest BCUT2D eigenvalue weighted by atomic mass is 10.2. The first-order valence-electron chi connectivity index (χ1n) is 5.63. The SMILES string of the molecule is C=CC(=O)N1CCN(c2ccccc2Cl)CC1. The molecule has 0 bridgehead atoms. The topological polar surface area (TPSA) is 23.6 Å². The zero-order valence-corrected chi connectivity index (χ0v) is 10.4. The Morgan fingerprint density at radius 2 is 1.88 bits per heavy atom. The number of rotatable bonds is 2. The molecule has 17 heavy (non-hydrogen) atoms. The zero-order valence-electron chi connectivity index (χ0n) is 9.60. The molecule has 1 fully saturated rings. The number of hydrogen-bond acceptors (Lipinski definition) is 2.